The van der Waals surface area contributed by atoms with Crippen molar-refractivity contribution in [1.29, 1.82) is 10.5 Å². The number of nitrogens with zero attached hydrogens (tertiary/aromatic N) is 4. The lowest BCUT2D eigenvalue weighted by Gasteiger charge is -1.98. The zero-order valence-electron chi connectivity index (χ0n) is 14.1. The molecule has 7 nitrogen and oxygen atoms in total. The van der Waals surface area contributed by atoms with E-state index >= 15 is 0 Å². The number of halogens is 1. The SMILES string of the molecule is N#CC(=Cc1ccc(-c2ccc(Cl)cc2)o1)c1nn(CCO)c(N)c1C#N. The summed E-state index contributed by atoms with van der Waals surface area (Å²) in [4.78, 5) is 0. The summed E-state index contributed by atoms with van der Waals surface area (Å²) in [6.45, 7) is -0.0644. The van der Waals surface area contributed by atoms with Crippen molar-refractivity contribution in [2.45, 2.75) is 6.54 Å². The van der Waals surface area contributed by atoms with E-state index in [-0.39, 0.29) is 35.8 Å². The molecule has 3 N–H and O–H groups in total. The Morgan fingerprint density at radius 3 is 2.63 bits per heavy atom. The summed E-state index contributed by atoms with van der Waals surface area (Å²) in [5.41, 5.74) is 7.08. The highest BCUT2D eigenvalue weighted by molar-refractivity contribution is 6.30. The monoisotopic (exact) mass is 379 g/mol. The van der Waals surface area contributed by atoms with Crippen LogP contribution in [0.3, 0.4) is 0 Å². The van der Waals surface area contributed by atoms with Crippen LogP contribution in [0.1, 0.15) is 17.0 Å². The number of aliphatic hydroxyl groups is 1. The van der Waals surface area contributed by atoms with Gasteiger partial charge in [0.05, 0.1) is 18.7 Å². The number of hydrogen-bond donors (Lipinski definition) is 2. The number of furan rings is 1. The summed E-state index contributed by atoms with van der Waals surface area (Å²) in [6.07, 6.45) is 1.49. The van der Waals surface area contributed by atoms with Gasteiger partial charge >= 0.3 is 0 Å². The molecule has 0 saturated carbocycles. The van der Waals surface area contributed by atoms with Gasteiger partial charge in [-0.3, -0.25) is 0 Å². The van der Waals surface area contributed by atoms with Gasteiger partial charge in [0.2, 0.25) is 0 Å². The number of aliphatic hydroxyl groups excluding tert-OH is 1. The molecule has 1 aromatic carbocycles. The van der Waals surface area contributed by atoms with E-state index in [0.717, 1.165) is 5.56 Å². The Morgan fingerprint density at radius 2 is 2.00 bits per heavy atom. The predicted octanol–water partition coefficient (Wildman–Crippen LogP) is 3.31. The smallest absolute Gasteiger partial charge is 0.140 e. The standard InChI is InChI=1S/C19H14ClN5O2/c20-14-3-1-12(2-4-14)17-6-5-15(27-17)9-13(10-21)18-16(11-22)19(23)25(24-18)7-8-26/h1-6,9,26H,7-8,23H2. The third-order valence-corrected chi connectivity index (χ3v) is 4.09. The topological polar surface area (TPSA) is 125 Å². The minimum absolute atomic E-state index is 0.0840. The molecule has 0 aliphatic carbocycles. The zero-order chi connectivity index (χ0) is 19.4. The molecule has 2 aromatic heterocycles. The van der Waals surface area contributed by atoms with Crippen LogP contribution in [-0.4, -0.2) is 21.5 Å². The quantitative estimate of drug-likeness (QED) is 0.655. The molecule has 0 bridgehead atoms. The van der Waals surface area contributed by atoms with Crippen molar-refractivity contribution >= 4 is 29.1 Å². The van der Waals surface area contributed by atoms with Gasteiger partial charge in [0.15, 0.2) is 0 Å². The number of nitrogens with two attached hydrogens (primary N) is 1. The first-order chi connectivity index (χ1) is 13.1. The average molecular weight is 380 g/mol. The van der Waals surface area contributed by atoms with E-state index in [1.54, 1.807) is 24.3 Å². The molecular formula is C19H14ClN5O2. The maximum atomic E-state index is 9.52. The van der Waals surface area contributed by atoms with Crippen LogP contribution in [0.4, 0.5) is 5.82 Å². The third-order valence-electron chi connectivity index (χ3n) is 3.83. The van der Waals surface area contributed by atoms with Crippen molar-refractivity contribution < 1.29 is 9.52 Å². The van der Waals surface area contributed by atoms with Gasteiger partial charge < -0.3 is 15.3 Å². The van der Waals surface area contributed by atoms with E-state index < -0.39 is 0 Å². The molecule has 0 aliphatic rings. The number of nitrogen functional groups attached to an aromatic ring is 1. The molecule has 0 radical (unpaired) electrons. The van der Waals surface area contributed by atoms with Gasteiger partial charge in [-0.15, -0.1) is 0 Å². The molecule has 0 unspecified atom stereocenters. The minimum Gasteiger partial charge on any atom is -0.457 e. The first-order valence-electron chi connectivity index (χ1n) is 7.92. The second-order valence-corrected chi connectivity index (χ2v) is 5.98. The minimum atomic E-state index is -0.190. The van der Waals surface area contributed by atoms with E-state index in [9.17, 15) is 10.5 Å². The molecule has 0 atom stereocenters. The van der Waals surface area contributed by atoms with Gasteiger partial charge in [-0.25, -0.2) is 4.68 Å². The highest BCUT2D eigenvalue weighted by Crippen LogP contribution is 2.28. The summed E-state index contributed by atoms with van der Waals surface area (Å²) in [7, 11) is 0. The molecule has 27 heavy (non-hydrogen) atoms. The van der Waals surface area contributed by atoms with Gasteiger partial charge in [0, 0.05) is 16.7 Å². The Kier molecular flexibility index (Phi) is 5.28. The van der Waals surface area contributed by atoms with Crippen LogP contribution in [0.5, 0.6) is 0 Å². The fourth-order valence-corrected chi connectivity index (χ4v) is 2.66. The lowest BCUT2D eigenvalue weighted by molar-refractivity contribution is 0.270. The molecule has 0 aliphatic heterocycles. The Balaban J connectivity index is 1.99. The van der Waals surface area contributed by atoms with E-state index in [2.05, 4.69) is 5.10 Å². The normalized spacial score (nSPS) is 11.2. The molecule has 2 heterocycles. The summed E-state index contributed by atoms with van der Waals surface area (Å²) >= 11 is 5.89. The van der Waals surface area contributed by atoms with Crippen LogP contribution >= 0.6 is 11.6 Å². The van der Waals surface area contributed by atoms with Gasteiger partial charge in [0.25, 0.3) is 0 Å². The molecule has 3 aromatic rings. The van der Waals surface area contributed by atoms with E-state index in [1.807, 2.05) is 24.3 Å². The van der Waals surface area contributed by atoms with Crippen LogP contribution < -0.4 is 5.73 Å². The number of nitriles is 2. The predicted molar refractivity (Wildman–Crippen MR) is 101 cm³/mol. The van der Waals surface area contributed by atoms with Crippen molar-refractivity contribution in [3.05, 3.63) is 58.4 Å². The molecule has 0 saturated heterocycles. The highest BCUT2D eigenvalue weighted by Gasteiger charge is 2.19. The first-order valence-corrected chi connectivity index (χ1v) is 8.30. The summed E-state index contributed by atoms with van der Waals surface area (Å²) in [5, 5.41) is 32.7. The lowest BCUT2D eigenvalue weighted by Crippen LogP contribution is -2.07. The Morgan fingerprint density at radius 1 is 1.26 bits per heavy atom. The summed E-state index contributed by atoms with van der Waals surface area (Å²) in [6, 6.07) is 14.6. The van der Waals surface area contributed by atoms with Crippen molar-refractivity contribution in [3.8, 4) is 23.5 Å². The van der Waals surface area contributed by atoms with Crippen LogP contribution in [0.15, 0.2) is 40.8 Å². The second kappa shape index (κ2) is 7.79. The molecule has 8 heteroatoms. The average Bonchev–Trinajstić information content (AvgIpc) is 3.25. The van der Waals surface area contributed by atoms with Gasteiger partial charge in [0.1, 0.15) is 40.7 Å². The molecule has 0 spiro atoms. The van der Waals surface area contributed by atoms with Crippen LogP contribution in [0.2, 0.25) is 5.02 Å². The van der Waals surface area contributed by atoms with Crippen molar-refractivity contribution in [1.82, 2.24) is 9.78 Å². The Hall–Kier alpha value is -3.52. The largest absolute Gasteiger partial charge is 0.457 e. The fraction of sp³-hybridized carbons (Fsp3) is 0.105. The zero-order valence-corrected chi connectivity index (χ0v) is 14.8. The Bertz CT molecular complexity index is 1080. The molecule has 3 rings (SSSR count). The van der Waals surface area contributed by atoms with Crippen LogP contribution in [-0.2, 0) is 6.54 Å². The lowest BCUT2D eigenvalue weighted by atomic mass is 10.1. The highest BCUT2D eigenvalue weighted by atomic mass is 35.5. The van der Waals surface area contributed by atoms with Gasteiger partial charge in [-0.05, 0) is 36.4 Å². The van der Waals surface area contributed by atoms with Gasteiger partial charge in [-0.2, -0.15) is 15.6 Å². The molecular weight excluding hydrogens is 366 g/mol. The maximum Gasteiger partial charge on any atom is 0.140 e. The second-order valence-electron chi connectivity index (χ2n) is 5.55. The fourth-order valence-electron chi connectivity index (χ4n) is 2.53. The number of benzene rings is 1. The number of allylic oxidation sites excluding steroid dienone is 1. The first kappa shape index (κ1) is 18.3. The Labute approximate surface area is 160 Å². The van der Waals surface area contributed by atoms with Crippen molar-refractivity contribution in [2.75, 3.05) is 12.3 Å². The van der Waals surface area contributed by atoms with Crippen molar-refractivity contribution in [2.24, 2.45) is 0 Å². The number of anilines is 1. The molecule has 134 valence electrons. The van der Waals surface area contributed by atoms with Crippen LogP contribution in [0, 0.1) is 22.7 Å². The van der Waals surface area contributed by atoms with Crippen LogP contribution in [0.25, 0.3) is 23.0 Å². The molecule has 0 fully saturated rings. The van der Waals surface area contributed by atoms with E-state index in [4.69, 9.17) is 26.9 Å². The molecule has 0 amide bonds. The van der Waals surface area contributed by atoms with E-state index in [1.165, 1.54) is 10.8 Å². The number of hydrogen-bond acceptors (Lipinski definition) is 6. The third kappa shape index (κ3) is 3.70. The van der Waals surface area contributed by atoms with Gasteiger partial charge in [-0.1, -0.05) is 11.6 Å². The van der Waals surface area contributed by atoms with Crippen molar-refractivity contribution in [3.63, 3.8) is 0 Å². The summed E-state index contributed by atoms with van der Waals surface area (Å²) in [5.74, 6) is 1.14. The number of rotatable bonds is 5. The maximum absolute atomic E-state index is 9.52. The summed E-state index contributed by atoms with van der Waals surface area (Å²) < 4.78 is 7.05. The number of aromatic nitrogens is 2. The van der Waals surface area contributed by atoms with E-state index in [0.29, 0.717) is 16.5 Å².